The quantitative estimate of drug-likeness (QED) is 0.150. The lowest BCUT2D eigenvalue weighted by molar-refractivity contribution is 0.388. The second kappa shape index (κ2) is 14.9. The minimum absolute atomic E-state index is 0.292. The lowest BCUT2D eigenvalue weighted by atomic mass is 10.2. The highest BCUT2D eigenvalue weighted by Gasteiger charge is 2.31. The maximum atomic E-state index is 14.1. The van der Waals surface area contributed by atoms with Gasteiger partial charge in [0, 0.05) is 18.8 Å². The van der Waals surface area contributed by atoms with E-state index in [0.717, 1.165) is 34.1 Å². The Balaban J connectivity index is 1.79. The Kier molecular flexibility index (Phi) is 11.6. The number of sulfonamides is 1. The Hall–Kier alpha value is -2.74. The average molecular weight is 540 g/mol. The number of methoxy groups -OCH3 is 2. The number of hydrogen-bond acceptors (Lipinski definition) is 5. The molecule has 0 saturated heterocycles. The Morgan fingerprint density at radius 3 is 1.84 bits per heavy atom. The molecule has 0 aliphatic heterocycles. The third-order valence-electron chi connectivity index (χ3n) is 6.21. The molecule has 1 atom stereocenters. The van der Waals surface area contributed by atoms with Crippen molar-refractivity contribution in [2.24, 2.45) is 0 Å². The van der Waals surface area contributed by atoms with Crippen LogP contribution in [0.25, 0.3) is 0 Å². The molecule has 0 radical (unpaired) electrons. The van der Waals surface area contributed by atoms with Crippen molar-refractivity contribution in [3.05, 3.63) is 108 Å². The van der Waals surface area contributed by atoms with Crippen LogP contribution in [0.4, 0.5) is 0 Å². The number of rotatable bonds is 16. The van der Waals surface area contributed by atoms with Gasteiger partial charge in [0.2, 0.25) is 10.0 Å². The molecule has 0 heterocycles. The normalized spacial score (nSPS) is 12.3. The highest BCUT2D eigenvalue weighted by Crippen LogP contribution is 2.26. The van der Waals surface area contributed by atoms with E-state index in [1.807, 2.05) is 66.7 Å². The fourth-order valence-electron chi connectivity index (χ4n) is 4.04. The van der Waals surface area contributed by atoms with E-state index in [2.05, 4.69) is 18.7 Å². The van der Waals surface area contributed by atoms with Crippen LogP contribution in [0.3, 0.4) is 0 Å². The summed E-state index contributed by atoms with van der Waals surface area (Å²) in [5, 5.41) is -0.481. The molecular weight excluding hydrogens is 502 g/mol. The summed E-state index contributed by atoms with van der Waals surface area (Å²) in [5.41, 5.74) is 3.08. The molecule has 0 saturated carbocycles. The molecule has 37 heavy (non-hydrogen) atoms. The lowest BCUT2D eigenvalue weighted by Gasteiger charge is -2.28. The third kappa shape index (κ3) is 8.95. The molecule has 0 bridgehead atoms. The molecule has 0 amide bonds. The van der Waals surface area contributed by atoms with Crippen LogP contribution in [0, 0.1) is 0 Å². The van der Waals surface area contributed by atoms with Crippen molar-refractivity contribution in [3.8, 4) is 11.5 Å². The number of benzene rings is 3. The summed E-state index contributed by atoms with van der Waals surface area (Å²) in [7, 11) is -0.358. The summed E-state index contributed by atoms with van der Waals surface area (Å²) in [5.74, 6) is 3.13. The standard InChI is InChI=1S/C30H37NO4S2/c1-4-5-11-30(20-21-36-24-27-9-7-6-8-10-27)37(32,33)31(22-25-12-16-28(34-2)17-13-25)23-26-14-18-29(35-3)19-15-26/h4,6-10,12-19,30H,1,5,11,20-24H2,2-3H3. The predicted octanol–water partition coefficient (Wildman–Crippen LogP) is 6.69. The summed E-state index contributed by atoms with van der Waals surface area (Å²) in [6, 6.07) is 25.4. The topological polar surface area (TPSA) is 55.8 Å². The minimum Gasteiger partial charge on any atom is -0.497 e. The second-order valence-corrected chi connectivity index (χ2v) is 12.1. The number of ether oxygens (including phenoxy) is 2. The van der Waals surface area contributed by atoms with Crippen molar-refractivity contribution in [3.63, 3.8) is 0 Å². The van der Waals surface area contributed by atoms with Gasteiger partial charge in [-0.3, -0.25) is 0 Å². The van der Waals surface area contributed by atoms with Gasteiger partial charge in [-0.1, -0.05) is 60.7 Å². The van der Waals surface area contributed by atoms with Gasteiger partial charge in [0.1, 0.15) is 11.5 Å². The molecule has 3 aromatic carbocycles. The van der Waals surface area contributed by atoms with E-state index < -0.39 is 15.3 Å². The molecule has 3 aromatic rings. The van der Waals surface area contributed by atoms with Gasteiger partial charge in [-0.15, -0.1) is 6.58 Å². The zero-order valence-corrected chi connectivity index (χ0v) is 23.3. The largest absolute Gasteiger partial charge is 0.497 e. The Bertz CT molecular complexity index is 1130. The fraction of sp³-hybridized carbons (Fsp3) is 0.333. The molecule has 0 spiro atoms. The number of allylic oxidation sites excluding steroid dienone is 1. The van der Waals surface area contributed by atoms with Crippen LogP contribution < -0.4 is 9.47 Å². The van der Waals surface area contributed by atoms with Gasteiger partial charge in [0.25, 0.3) is 0 Å². The van der Waals surface area contributed by atoms with Crippen LogP contribution >= 0.6 is 11.8 Å². The molecule has 0 aliphatic rings. The summed E-state index contributed by atoms with van der Waals surface area (Å²) in [6.07, 6.45) is 3.61. The van der Waals surface area contributed by atoms with E-state index in [4.69, 9.17) is 9.47 Å². The van der Waals surface area contributed by atoms with Gasteiger partial charge in [0.05, 0.1) is 19.5 Å². The maximum absolute atomic E-state index is 14.1. The molecule has 0 fully saturated rings. The monoisotopic (exact) mass is 539 g/mol. The van der Waals surface area contributed by atoms with E-state index in [1.54, 1.807) is 36.4 Å². The Labute approximate surface area is 226 Å². The number of nitrogens with zero attached hydrogens (tertiary/aromatic N) is 1. The predicted molar refractivity (Wildman–Crippen MR) is 155 cm³/mol. The zero-order valence-electron chi connectivity index (χ0n) is 21.7. The van der Waals surface area contributed by atoms with Crippen LogP contribution in [0.5, 0.6) is 11.5 Å². The fourth-order valence-corrected chi connectivity index (χ4v) is 7.14. The first-order chi connectivity index (χ1) is 18.0. The Morgan fingerprint density at radius 1 is 0.811 bits per heavy atom. The molecule has 0 N–H and O–H groups in total. The van der Waals surface area contributed by atoms with Crippen molar-refractivity contribution in [2.75, 3.05) is 20.0 Å². The highest BCUT2D eigenvalue weighted by molar-refractivity contribution is 7.98. The number of thioether (sulfide) groups is 1. The van der Waals surface area contributed by atoms with Crippen molar-refractivity contribution < 1.29 is 17.9 Å². The molecule has 198 valence electrons. The second-order valence-electron chi connectivity index (χ2n) is 8.82. The van der Waals surface area contributed by atoms with E-state index in [1.165, 1.54) is 5.56 Å². The summed E-state index contributed by atoms with van der Waals surface area (Å²) in [4.78, 5) is 0. The summed E-state index contributed by atoms with van der Waals surface area (Å²) in [6.45, 7) is 4.41. The van der Waals surface area contributed by atoms with Crippen molar-refractivity contribution in [1.29, 1.82) is 0 Å². The van der Waals surface area contributed by atoms with Crippen LogP contribution in [-0.2, 0) is 28.9 Å². The molecule has 7 heteroatoms. The van der Waals surface area contributed by atoms with Crippen molar-refractivity contribution >= 4 is 21.8 Å². The first kappa shape index (κ1) is 28.8. The summed E-state index contributed by atoms with van der Waals surface area (Å²) < 4.78 is 40.3. The van der Waals surface area contributed by atoms with E-state index in [0.29, 0.717) is 32.4 Å². The zero-order chi connectivity index (χ0) is 26.5. The van der Waals surface area contributed by atoms with Gasteiger partial charge in [-0.2, -0.15) is 16.1 Å². The van der Waals surface area contributed by atoms with E-state index in [-0.39, 0.29) is 0 Å². The van der Waals surface area contributed by atoms with Gasteiger partial charge in [-0.05, 0) is 66.0 Å². The van der Waals surface area contributed by atoms with Gasteiger partial charge < -0.3 is 9.47 Å². The molecular formula is C30H37NO4S2. The van der Waals surface area contributed by atoms with Gasteiger partial charge in [-0.25, -0.2) is 8.42 Å². The van der Waals surface area contributed by atoms with E-state index >= 15 is 0 Å². The van der Waals surface area contributed by atoms with E-state index in [9.17, 15) is 8.42 Å². The number of hydrogen-bond donors (Lipinski definition) is 0. The van der Waals surface area contributed by atoms with Crippen LogP contribution in [0.2, 0.25) is 0 Å². The van der Waals surface area contributed by atoms with Gasteiger partial charge >= 0.3 is 0 Å². The lowest BCUT2D eigenvalue weighted by Crippen LogP contribution is -2.38. The smallest absolute Gasteiger partial charge is 0.217 e. The van der Waals surface area contributed by atoms with Crippen LogP contribution in [0.1, 0.15) is 36.0 Å². The van der Waals surface area contributed by atoms with Crippen molar-refractivity contribution in [1.82, 2.24) is 4.31 Å². The first-order valence-corrected chi connectivity index (χ1v) is 15.1. The maximum Gasteiger partial charge on any atom is 0.217 e. The SMILES string of the molecule is C=CCCC(CCSCc1ccccc1)S(=O)(=O)N(Cc1ccc(OC)cc1)Cc1ccc(OC)cc1. The van der Waals surface area contributed by atoms with Crippen LogP contribution in [-0.4, -0.2) is 37.9 Å². The summed E-state index contributed by atoms with van der Waals surface area (Å²) >= 11 is 1.78. The highest BCUT2D eigenvalue weighted by atomic mass is 32.2. The third-order valence-corrected chi connectivity index (χ3v) is 9.56. The first-order valence-electron chi connectivity index (χ1n) is 12.4. The van der Waals surface area contributed by atoms with Crippen molar-refractivity contribution in [2.45, 2.75) is 43.4 Å². The molecule has 3 rings (SSSR count). The average Bonchev–Trinajstić information content (AvgIpc) is 2.93. The Morgan fingerprint density at radius 2 is 1.35 bits per heavy atom. The van der Waals surface area contributed by atoms with Crippen LogP contribution in [0.15, 0.2) is 91.5 Å². The van der Waals surface area contributed by atoms with Gasteiger partial charge in [0.15, 0.2) is 0 Å². The molecule has 0 aliphatic carbocycles. The molecule has 5 nitrogen and oxygen atoms in total. The minimum atomic E-state index is -3.60. The molecule has 0 aromatic heterocycles. The molecule has 1 unspecified atom stereocenters.